The number of hydrogen-bond acceptors (Lipinski definition) is 5. The standard InChI is InChI=1S/C19H13F2NO4/c1-11-17(22-18(26-11)12-5-3-2-4-6-12)19(24)25-10-16(23)14-9-13(20)7-8-15(14)21/h2-9H,10H2,1H3. The summed E-state index contributed by atoms with van der Waals surface area (Å²) in [7, 11) is 0. The summed E-state index contributed by atoms with van der Waals surface area (Å²) in [6.45, 7) is 0.788. The van der Waals surface area contributed by atoms with Gasteiger partial charge in [-0.3, -0.25) is 4.79 Å². The second kappa shape index (κ2) is 7.26. The van der Waals surface area contributed by atoms with E-state index in [-0.39, 0.29) is 17.3 Å². The minimum atomic E-state index is -0.892. The minimum Gasteiger partial charge on any atom is -0.452 e. The van der Waals surface area contributed by atoms with E-state index in [1.54, 1.807) is 24.3 Å². The Balaban J connectivity index is 1.72. The number of aryl methyl sites for hydroxylation is 1. The average molecular weight is 357 g/mol. The van der Waals surface area contributed by atoms with Crippen molar-refractivity contribution < 1.29 is 27.5 Å². The summed E-state index contributed by atoms with van der Waals surface area (Å²) in [5.41, 5.74) is 0.101. The van der Waals surface area contributed by atoms with Crippen LogP contribution in [0.3, 0.4) is 0 Å². The lowest BCUT2D eigenvalue weighted by Crippen LogP contribution is -2.16. The Morgan fingerprint density at radius 3 is 2.58 bits per heavy atom. The molecule has 3 aromatic rings. The number of halogens is 2. The van der Waals surface area contributed by atoms with Gasteiger partial charge < -0.3 is 9.15 Å². The number of aromatic nitrogens is 1. The third kappa shape index (κ3) is 3.66. The van der Waals surface area contributed by atoms with E-state index in [1.807, 2.05) is 6.07 Å². The maximum Gasteiger partial charge on any atom is 0.361 e. The number of ether oxygens (including phenoxy) is 1. The molecule has 2 aromatic carbocycles. The summed E-state index contributed by atoms with van der Waals surface area (Å²) in [5.74, 6) is -2.95. The third-order valence-electron chi connectivity index (χ3n) is 3.57. The first kappa shape index (κ1) is 17.5. The maximum atomic E-state index is 13.6. The number of Topliss-reactive ketones (excluding diaryl/α,β-unsaturated/α-hetero) is 1. The van der Waals surface area contributed by atoms with E-state index < -0.39 is 35.6 Å². The molecule has 0 radical (unpaired) electrons. The molecule has 0 aliphatic carbocycles. The van der Waals surface area contributed by atoms with Gasteiger partial charge in [0.15, 0.2) is 12.3 Å². The Bertz CT molecular complexity index is 967. The zero-order valence-electron chi connectivity index (χ0n) is 13.7. The molecule has 5 nitrogen and oxygen atoms in total. The van der Waals surface area contributed by atoms with Crippen LogP contribution in [-0.4, -0.2) is 23.3 Å². The number of esters is 1. The Morgan fingerprint density at radius 2 is 1.85 bits per heavy atom. The van der Waals surface area contributed by atoms with Crippen LogP contribution in [0, 0.1) is 18.6 Å². The molecule has 0 bridgehead atoms. The van der Waals surface area contributed by atoms with Gasteiger partial charge in [0.2, 0.25) is 11.7 Å². The first-order valence-electron chi connectivity index (χ1n) is 7.64. The van der Waals surface area contributed by atoms with Crippen molar-refractivity contribution in [1.29, 1.82) is 0 Å². The molecule has 0 unspecified atom stereocenters. The highest BCUT2D eigenvalue weighted by Crippen LogP contribution is 2.22. The van der Waals surface area contributed by atoms with Crippen LogP contribution in [0.15, 0.2) is 52.9 Å². The average Bonchev–Trinajstić information content (AvgIpc) is 3.04. The van der Waals surface area contributed by atoms with Crippen molar-refractivity contribution >= 4 is 11.8 Å². The van der Waals surface area contributed by atoms with Crippen LogP contribution in [0.2, 0.25) is 0 Å². The van der Waals surface area contributed by atoms with Gasteiger partial charge in [-0.05, 0) is 37.3 Å². The van der Waals surface area contributed by atoms with E-state index in [1.165, 1.54) is 6.92 Å². The van der Waals surface area contributed by atoms with Crippen LogP contribution in [0.5, 0.6) is 0 Å². The highest BCUT2D eigenvalue weighted by Gasteiger charge is 2.21. The van der Waals surface area contributed by atoms with Gasteiger partial charge in [0.25, 0.3) is 0 Å². The largest absolute Gasteiger partial charge is 0.452 e. The fourth-order valence-corrected chi connectivity index (χ4v) is 2.28. The monoisotopic (exact) mass is 357 g/mol. The summed E-state index contributed by atoms with van der Waals surface area (Å²) in [6.07, 6.45) is 0. The number of carbonyl (C=O) groups excluding carboxylic acids is 2. The fraction of sp³-hybridized carbons (Fsp3) is 0.105. The number of rotatable bonds is 5. The lowest BCUT2D eigenvalue weighted by Gasteiger charge is -2.04. The van der Waals surface area contributed by atoms with Gasteiger partial charge in [0.05, 0.1) is 5.56 Å². The molecule has 0 amide bonds. The number of nitrogens with zero attached hydrogens (tertiary/aromatic N) is 1. The smallest absolute Gasteiger partial charge is 0.361 e. The van der Waals surface area contributed by atoms with Crippen molar-refractivity contribution in [3.05, 3.63) is 77.2 Å². The number of carbonyl (C=O) groups is 2. The number of oxazole rings is 1. The Morgan fingerprint density at radius 1 is 1.12 bits per heavy atom. The topological polar surface area (TPSA) is 69.4 Å². The summed E-state index contributed by atoms with van der Waals surface area (Å²) < 4.78 is 37.0. The summed E-state index contributed by atoms with van der Waals surface area (Å²) in [6, 6.07) is 11.4. The van der Waals surface area contributed by atoms with Crippen molar-refractivity contribution in [2.45, 2.75) is 6.92 Å². The zero-order chi connectivity index (χ0) is 18.7. The molecule has 0 spiro atoms. The summed E-state index contributed by atoms with van der Waals surface area (Å²) in [5, 5.41) is 0. The third-order valence-corrected chi connectivity index (χ3v) is 3.57. The van der Waals surface area contributed by atoms with Crippen molar-refractivity contribution in [2.75, 3.05) is 6.61 Å². The highest BCUT2D eigenvalue weighted by atomic mass is 19.1. The van der Waals surface area contributed by atoms with Crippen LogP contribution in [0.25, 0.3) is 11.5 Å². The number of benzene rings is 2. The van der Waals surface area contributed by atoms with Gasteiger partial charge in [-0.15, -0.1) is 0 Å². The highest BCUT2D eigenvalue weighted by molar-refractivity contribution is 5.99. The van der Waals surface area contributed by atoms with E-state index in [0.29, 0.717) is 5.56 Å². The molecule has 0 aliphatic rings. The van der Waals surface area contributed by atoms with Gasteiger partial charge in [0.1, 0.15) is 17.4 Å². The molecule has 132 valence electrons. The predicted molar refractivity (Wildman–Crippen MR) is 87.6 cm³/mol. The molecule has 7 heteroatoms. The van der Waals surface area contributed by atoms with Crippen molar-refractivity contribution in [3.63, 3.8) is 0 Å². The molecule has 0 saturated carbocycles. The quantitative estimate of drug-likeness (QED) is 0.510. The molecular formula is C19H13F2NO4. The Kier molecular flexibility index (Phi) is 4.88. The second-order valence-corrected chi connectivity index (χ2v) is 5.41. The van der Waals surface area contributed by atoms with Gasteiger partial charge in [-0.1, -0.05) is 18.2 Å². The van der Waals surface area contributed by atoms with Crippen LogP contribution < -0.4 is 0 Å². The molecule has 0 fully saturated rings. The molecular weight excluding hydrogens is 344 g/mol. The van der Waals surface area contributed by atoms with Gasteiger partial charge in [0, 0.05) is 5.56 Å². The van der Waals surface area contributed by atoms with Crippen molar-refractivity contribution in [3.8, 4) is 11.5 Å². The first-order valence-corrected chi connectivity index (χ1v) is 7.64. The van der Waals surface area contributed by atoms with E-state index >= 15 is 0 Å². The van der Waals surface area contributed by atoms with Crippen LogP contribution in [0.4, 0.5) is 8.78 Å². The summed E-state index contributed by atoms with van der Waals surface area (Å²) in [4.78, 5) is 28.1. The predicted octanol–water partition coefficient (Wildman–Crippen LogP) is 3.97. The van der Waals surface area contributed by atoms with Crippen LogP contribution in [-0.2, 0) is 4.74 Å². The molecule has 1 aromatic heterocycles. The molecule has 26 heavy (non-hydrogen) atoms. The lowest BCUT2D eigenvalue weighted by molar-refractivity contribution is 0.0466. The Labute approximate surface area is 147 Å². The van der Waals surface area contributed by atoms with Crippen LogP contribution in [0.1, 0.15) is 26.6 Å². The molecule has 3 rings (SSSR count). The van der Waals surface area contributed by atoms with Crippen molar-refractivity contribution in [2.24, 2.45) is 0 Å². The van der Waals surface area contributed by atoms with E-state index in [0.717, 1.165) is 18.2 Å². The van der Waals surface area contributed by atoms with E-state index in [4.69, 9.17) is 9.15 Å². The van der Waals surface area contributed by atoms with Gasteiger partial charge >= 0.3 is 5.97 Å². The SMILES string of the molecule is Cc1oc(-c2ccccc2)nc1C(=O)OCC(=O)c1cc(F)ccc1F. The zero-order valence-corrected chi connectivity index (χ0v) is 13.7. The normalized spacial score (nSPS) is 10.6. The summed E-state index contributed by atoms with van der Waals surface area (Å²) >= 11 is 0. The second-order valence-electron chi connectivity index (χ2n) is 5.41. The molecule has 0 saturated heterocycles. The lowest BCUT2D eigenvalue weighted by atomic mass is 10.1. The van der Waals surface area contributed by atoms with Crippen LogP contribution >= 0.6 is 0 Å². The first-order chi connectivity index (χ1) is 12.5. The van der Waals surface area contributed by atoms with E-state index in [9.17, 15) is 18.4 Å². The molecule has 0 atom stereocenters. The van der Waals surface area contributed by atoms with Gasteiger partial charge in [-0.25, -0.2) is 18.6 Å². The Hall–Kier alpha value is -3.35. The maximum absolute atomic E-state index is 13.6. The van der Waals surface area contributed by atoms with Gasteiger partial charge in [-0.2, -0.15) is 0 Å². The molecule has 0 N–H and O–H groups in total. The van der Waals surface area contributed by atoms with E-state index in [2.05, 4.69) is 4.98 Å². The fourth-order valence-electron chi connectivity index (χ4n) is 2.28. The minimum absolute atomic E-state index is 0.0867. The molecule has 0 aliphatic heterocycles. The number of hydrogen-bond donors (Lipinski definition) is 0. The van der Waals surface area contributed by atoms with Crippen molar-refractivity contribution in [1.82, 2.24) is 4.98 Å². The number of ketones is 1. The molecule has 1 heterocycles.